The highest BCUT2D eigenvalue weighted by Crippen LogP contribution is 2.21. The van der Waals surface area contributed by atoms with Gasteiger partial charge in [-0.2, -0.15) is 11.8 Å². The summed E-state index contributed by atoms with van der Waals surface area (Å²) in [7, 11) is 1.40. The third-order valence-electron chi connectivity index (χ3n) is 4.79. The van der Waals surface area contributed by atoms with Gasteiger partial charge in [0.1, 0.15) is 0 Å². The molecule has 5 nitrogen and oxygen atoms in total. The fourth-order valence-corrected chi connectivity index (χ4v) is 3.81. The number of esters is 1. The van der Waals surface area contributed by atoms with Crippen LogP contribution in [0.1, 0.15) is 58.8 Å². The number of aliphatic hydroxyl groups is 1. The number of thioether (sulfide) groups is 1. The van der Waals surface area contributed by atoms with Crippen LogP contribution in [0.2, 0.25) is 0 Å². The maximum Gasteiger partial charge on any atom is 0.305 e. The van der Waals surface area contributed by atoms with E-state index in [4.69, 9.17) is 0 Å². The molecule has 1 rings (SSSR count). The molecule has 0 aromatic rings. The highest BCUT2D eigenvalue weighted by atomic mass is 32.2. The van der Waals surface area contributed by atoms with E-state index in [0.29, 0.717) is 25.8 Å². The Labute approximate surface area is 174 Å². The van der Waals surface area contributed by atoms with Crippen LogP contribution in [0.4, 0.5) is 0 Å². The van der Waals surface area contributed by atoms with Crippen molar-refractivity contribution in [2.45, 2.75) is 70.9 Å². The smallest absolute Gasteiger partial charge is 0.305 e. The highest BCUT2D eigenvalue weighted by Gasteiger charge is 2.28. The van der Waals surface area contributed by atoms with E-state index < -0.39 is 6.10 Å². The summed E-state index contributed by atoms with van der Waals surface area (Å²) < 4.78 is 4.62. The van der Waals surface area contributed by atoms with Gasteiger partial charge >= 0.3 is 5.97 Å². The van der Waals surface area contributed by atoms with Crippen LogP contribution >= 0.6 is 11.8 Å². The first-order chi connectivity index (χ1) is 13.5. The van der Waals surface area contributed by atoms with Gasteiger partial charge in [0.15, 0.2) is 0 Å². The molecule has 1 aliphatic rings. The Bertz CT molecular complexity index is 567. The Morgan fingerprint density at radius 3 is 2.93 bits per heavy atom. The second kappa shape index (κ2) is 14.5. The molecule has 6 heteroatoms. The molecule has 0 bridgehead atoms. The van der Waals surface area contributed by atoms with Gasteiger partial charge in [0.2, 0.25) is 5.91 Å². The SMILES string of the molecule is CCCC#CC[C@H](C)[C@H](O)C=CC1CCC(=O)N1CCSCCCC(=O)OC. The van der Waals surface area contributed by atoms with Crippen molar-refractivity contribution >= 4 is 23.6 Å². The fraction of sp³-hybridized carbons (Fsp3) is 0.727. The molecule has 0 spiro atoms. The zero-order valence-electron chi connectivity index (χ0n) is 17.5. The number of rotatable bonds is 12. The lowest BCUT2D eigenvalue weighted by Crippen LogP contribution is -2.34. The predicted molar refractivity (Wildman–Crippen MR) is 115 cm³/mol. The number of nitrogens with zero attached hydrogens (tertiary/aromatic N) is 1. The Morgan fingerprint density at radius 2 is 2.21 bits per heavy atom. The van der Waals surface area contributed by atoms with Gasteiger partial charge in [-0.1, -0.05) is 26.0 Å². The van der Waals surface area contributed by atoms with Crippen molar-refractivity contribution in [3.05, 3.63) is 12.2 Å². The molecule has 1 N–H and O–H groups in total. The van der Waals surface area contributed by atoms with Gasteiger partial charge in [-0.15, -0.1) is 11.8 Å². The number of amides is 1. The number of carbonyl (C=O) groups is 2. The van der Waals surface area contributed by atoms with E-state index in [9.17, 15) is 14.7 Å². The molecule has 1 aliphatic heterocycles. The Kier molecular flexibility index (Phi) is 12.8. The number of ether oxygens (including phenoxy) is 1. The summed E-state index contributed by atoms with van der Waals surface area (Å²) in [4.78, 5) is 25.1. The average Bonchev–Trinajstić information content (AvgIpc) is 3.05. The standard InChI is InChI=1S/C22H35NO4S/c1-4-5-6-7-9-18(2)20(24)13-11-19-12-14-21(25)23(19)15-17-28-16-8-10-22(26)27-3/h11,13,18-20,24H,4-5,8-10,12,14-17H2,1-3H3/t18-,19?,20+/m0/s1. The minimum absolute atomic E-state index is 0.0659. The van der Waals surface area contributed by atoms with Crippen LogP contribution < -0.4 is 0 Å². The summed E-state index contributed by atoms with van der Waals surface area (Å²) in [6, 6.07) is 0.0659. The Balaban J connectivity index is 2.36. The van der Waals surface area contributed by atoms with Crippen LogP contribution in [0.5, 0.6) is 0 Å². The summed E-state index contributed by atoms with van der Waals surface area (Å²) in [5.41, 5.74) is 0. The molecular weight excluding hydrogens is 374 g/mol. The zero-order chi connectivity index (χ0) is 20.8. The van der Waals surface area contributed by atoms with Crippen LogP contribution in [0.3, 0.4) is 0 Å². The van der Waals surface area contributed by atoms with Crippen molar-refractivity contribution < 1.29 is 19.4 Å². The number of unbranched alkanes of at least 4 members (excludes halogenated alkanes) is 1. The summed E-state index contributed by atoms with van der Waals surface area (Å²) >= 11 is 1.75. The maximum atomic E-state index is 12.2. The van der Waals surface area contributed by atoms with Gasteiger partial charge in [-0.25, -0.2) is 0 Å². The normalized spacial score (nSPS) is 18.8. The first-order valence-electron chi connectivity index (χ1n) is 10.3. The van der Waals surface area contributed by atoms with Gasteiger partial charge in [-0.05, 0) is 30.9 Å². The lowest BCUT2D eigenvalue weighted by Gasteiger charge is -2.23. The molecule has 0 aliphatic carbocycles. The summed E-state index contributed by atoms with van der Waals surface area (Å²) in [6.45, 7) is 4.80. The van der Waals surface area contributed by atoms with E-state index in [-0.39, 0.29) is 23.8 Å². The topological polar surface area (TPSA) is 66.8 Å². The van der Waals surface area contributed by atoms with E-state index in [0.717, 1.165) is 37.2 Å². The largest absolute Gasteiger partial charge is 0.469 e. The Hall–Kier alpha value is -1.45. The van der Waals surface area contributed by atoms with E-state index in [2.05, 4.69) is 23.5 Å². The van der Waals surface area contributed by atoms with E-state index >= 15 is 0 Å². The van der Waals surface area contributed by atoms with Crippen molar-refractivity contribution in [1.29, 1.82) is 0 Å². The first-order valence-corrected chi connectivity index (χ1v) is 11.4. The second-order valence-electron chi connectivity index (χ2n) is 7.15. The maximum absolute atomic E-state index is 12.2. The predicted octanol–water partition coefficient (Wildman–Crippen LogP) is 3.41. The van der Waals surface area contributed by atoms with Gasteiger partial charge in [0, 0.05) is 38.0 Å². The van der Waals surface area contributed by atoms with Crippen LogP contribution in [0.25, 0.3) is 0 Å². The van der Waals surface area contributed by atoms with Crippen LogP contribution in [-0.4, -0.2) is 59.2 Å². The molecule has 1 heterocycles. The van der Waals surface area contributed by atoms with Gasteiger partial charge in [0.25, 0.3) is 0 Å². The minimum Gasteiger partial charge on any atom is -0.469 e. The van der Waals surface area contributed by atoms with Crippen LogP contribution in [-0.2, 0) is 14.3 Å². The van der Waals surface area contributed by atoms with Crippen molar-refractivity contribution in [2.75, 3.05) is 25.2 Å². The third-order valence-corrected chi connectivity index (χ3v) is 5.83. The lowest BCUT2D eigenvalue weighted by molar-refractivity contribution is -0.140. The van der Waals surface area contributed by atoms with Crippen molar-refractivity contribution in [3.8, 4) is 11.8 Å². The van der Waals surface area contributed by atoms with E-state index in [1.165, 1.54) is 7.11 Å². The second-order valence-corrected chi connectivity index (χ2v) is 8.37. The third kappa shape index (κ3) is 9.66. The van der Waals surface area contributed by atoms with Gasteiger partial charge in [-0.3, -0.25) is 9.59 Å². The number of likely N-dealkylation sites (tertiary alicyclic amines) is 1. The zero-order valence-corrected chi connectivity index (χ0v) is 18.3. The molecule has 1 saturated heterocycles. The van der Waals surface area contributed by atoms with Gasteiger partial charge < -0.3 is 14.7 Å². The molecule has 0 aromatic carbocycles. The Morgan fingerprint density at radius 1 is 1.43 bits per heavy atom. The summed E-state index contributed by atoms with van der Waals surface area (Å²) in [5, 5.41) is 10.3. The molecule has 3 atom stereocenters. The molecule has 0 radical (unpaired) electrons. The summed E-state index contributed by atoms with van der Waals surface area (Å²) in [5.74, 6) is 8.05. The highest BCUT2D eigenvalue weighted by molar-refractivity contribution is 7.99. The average molecular weight is 410 g/mol. The number of carbonyl (C=O) groups excluding carboxylic acids is 2. The van der Waals surface area contributed by atoms with Crippen LogP contribution in [0.15, 0.2) is 12.2 Å². The number of hydrogen-bond acceptors (Lipinski definition) is 5. The molecule has 1 unspecified atom stereocenters. The number of aliphatic hydroxyl groups excluding tert-OH is 1. The number of hydrogen-bond donors (Lipinski definition) is 1. The fourth-order valence-electron chi connectivity index (χ4n) is 2.93. The number of methoxy groups -OCH3 is 1. The molecule has 0 aromatic heterocycles. The first kappa shape index (κ1) is 24.6. The molecule has 1 amide bonds. The van der Waals surface area contributed by atoms with Gasteiger partial charge in [0.05, 0.1) is 19.3 Å². The monoisotopic (exact) mass is 409 g/mol. The van der Waals surface area contributed by atoms with Crippen molar-refractivity contribution in [3.63, 3.8) is 0 Å². The van der Waals surface area contributed by atoms with E-state index in [1.807, 2.05) is 24.0 Å². The quantitative estimate of drug-likeness (QED) is 0.232. The minimum atomic E-state index is -0.541. The molecule has 158 valence electrons. The van der Waals surface area contributed by atoms with Crippen LogP contribution in [0, 0.1) is 17.8 Å². The van der Waals surface area contributed by atoms with Crippen molar-refractivity contribution in [2.24, 2.45) is 5.92 Å². The molecular formula is C22H35NO4S. The summed E-state index contributed by atoms with van der Waals surface area (Å²) in [6.07, 6.45) is 8.51. The van der Waals surface area contributed by atoms with Crippen molar-refractivity contribution in [1.82, 2.24) is 4.90 Å². The molecule has 1 fully saturated rings. The molecule has 0 saturated carbocycles. The lowest BCUT2D eigenvalue weighted by atomic mass is 10.00. The van der Waals surface area contributed by atoms with E-state index in [1.54, 1.807) is 11.8 Å². The molecule has 28 heavy (non-hydrogen) atoms.